The molecule has 2 aromatic carbocycles. The highest BCUT2D eigenvalue weighted by atomic mass is 19.1. The number of aliphatic hydroxyl groups is 1. The van der Waals surface area contributed by atoms with Crippen LogP contribution in [0.1, 0.15) is 5.56 Å². The van der Waals surface area contributed by atoms with E-state index in [4.69, 9.17) is 5.11 Å². The lowest BCUT2D eigenvalue weighted by Crippen LogP contribution is -2.09. The molecule has 0 radical (unpaired) electrons. The number of aliphatic hydroxyl groups excluding tert-OH is 1. The molecular formula is C14H14FNO. The van der Waals surface area contributed by atoms with Gasteiger partial charge in [0.2, 0.25) is 0 Å². The first kappa shape index (κ1) is 11.6. The molecule has 0 amide bonds. The Morgan fingerprint density at radius 2 is 1.76 bits per heavy atom. The zero-order chi connectivity index (χ0) is 12.3. The lowest BCUT2D eigenvalue weighted by molar-refractivity contribution is 0.282. The number of hydrogen-bond donors (Lipinski definition) is 1. The van der Waals surface area contributed by atoms with E-state index in [2.05, 4.69) is 0 Å². The van der Waals surface area contributed by atoms with Gasteiger partial charge in [-0.15, -0.1) is 0 Å². The molecule has 0 saturated heterocycles. The first-order valence-electron chi connectivity index (χ1n) is 5.40. The molecule has 1 N–H and O–H groups in total. The van der Waals surface area contributed by atoms with E-state index in [9.17, 15) is 4.39 Å². The van der Waals surface area contributed by atoms with Crippen molar-refractivity contribution in [1.29, 1.82) is 0 Å². The van der Waals surface area contributed by atoms with Gasteiger partial charge in [0, 0.05) is 18.4 Å². The fourth-order valence-electron chi connectivity index (χ4n) is 1.66. The molecule has 0 saturated carbocycles. The third-order valence-corrected chi connectivity index (χ3v) is 2.70. The van der Waals surface area contributed by atoms with Gasteiger partial charge in [0.05, 0.1) is 6.61 Å². The highest BCUT2D eigenvalue weighted by Gasteiger charge is 2.04. The lowest BCUT2D eigenvalue weighted by Gasteiger charge is -2.19. The van der Waals surface area contributed by atoms with Crippen LogP contribution >= 0.6 is 0 Å². The van der Waals surface area contributed by atoms with E-state index in [1.165, 1.54) is 12.1 Å². The largest absolute Gasteiger partial charge is 0.392 e. The Kier molecular flexibility index (Phi) is 3.40. The second-order valence-corrected chi connectivity index (χ2v) is 3.86. The molecule has 3 heteroatoms. The van der Waals surface area contributed by atoms with Gasteiger partial charge in [0.15, 0.2) is 0 Å². The van der Waals surface area contributed by atoms with Gasteiger partial charge in [-0.05, 0) is 35.9 Å². The Hall–Kier alpha value is -1.87. The molecule has 0 aliphatic rings. The Balaban J connectivity index is 2.27. The molecule has 0 bridgehead atoms. The van der Waals surface area contributed by atoms with Crippen molar-refractivity contribution < 1.29 is 9.50 Å². The van der Waals surface area contributed by atoms with E-state index in [1.807, 2.05) is 42.3 Å². The smallest absolute Gasteiger partial charge is 0.125 e. The van der Waals surface area contributed by atoms with E-state index in [0.717, 1.165) is 16.9 Å². The van der Waals surface area contributed by atoms with Crippen LogP contribution in [0.4, 0.5) is 15.8 Å². The number of halogens is 1. The fourth-order valence-corrected chi connectivity index (χ4v) is 1.66. The fraction of sp³-hybridized carbons (Fsp3) is 0.143. The zero-order valence-electron chi connectivity index (χ0n) is 9.60. The van der Waals surface area contributed by atoms with Crippen molar-refractivity contribution in [3.8, 4) is 0 Å². The number of nitrogens with zero attached hydrogens (tertiary/aromatic N) is 1. The summed E-state index contributed by atoms with van der Waals surface area (Å²) in [5.41, 5.74) is 2.61. The summed E-state index contributed by atoms with van der Waals surface area (Å²) in [6, 6.07) is 13.9. The van der Waals surface area contributed by atoms with E-state index in [-0.39, 0.29) is 12.4 Å². The minimum absolute atomic E-state index is 0.0317. The highest BCUT2D eigenvalue weighted by molar-refractivity contribution is 5.62. The maximum absolute atomic E-state index is 13.1. The summed E-state index contributed by atoms with van der Waals surface area (Å²) in [6.45, 7) is 0.0317. The molecule has 2 aromatic rings. The maximum atomic E-state index is 13.1. The summed E-state index contributed by atoms with van der Waals surface area (Å²) < 4.78 is 13.1. The molecule has 88 valence electrons. The van der Waals surface area contributed by atoms with Crippen LogP contribution in [0.15, 0.2) is 48.5 Å². The second-order valence-electron chi connectivity index (χ2n) is 3.86. The summed E-state index contributed by atoms with van der Waals surface area (Å²) in [7, 11) is 1.88. The van der Waals surface area contributed by atoms with Crippen LogP contribution in [-0.2, 0) is 6.61 Å². The number of rotatable bonds is 3. The maximum Gasteiger partial charge on any atom is 0.125 e. The van der Waals surface area contributed by atoms with Gasteiger partial charge in [0.1, 0.15) is 5.82 Å². The summed E-state index contributed by atoms with van der Waals surface area (Å²) in [6.07, 6.45) is 0. The van der Waals surface area contributed by atoms with Crippen molar-refractivity contribution in [1.82, 2.24) is 0 Å². The predicted molar refractivity (Wildman–Crippen MR) is 66.8 cm³/mol. The first-order valence-corrected chi connectivity index (χ1v) is 5.40. The van der Waals surface area contributed by atoms with Crippen molar-refractivity contribution in [3.05, 3.63) is 59.9 Å². The van der Waals surface area contributed by atoms with Gasteiger partial charge >= 0.3 is 0 Å². The highest BCUT2D eigenvalue weighted by Crippen LogP contribution is 2.24. The van der Waals surface area contributed by atoms with Gasteiger partial charge in [0.25, 0.3) is 0 Å². The number of benzene rings is 2. The van der Waals surface area contributed by atoms with Crippen molar-refractivity contribution in [2.75, 3.05) is 11.9 Å². The van der Waals surface area contributed by atoms with Gasteiger partial charge in [-0.1, -0.05) is 18.2 Å². The number of anilines is 2. The van der Waals surface area contributed by atoms with Crippen LogP contribution in [-0.4, -0.2) is 12.2 Å². The molecule has 0 fully saturated rings. The van der Waals surface area contributed by atoms with Crippen molar-refractivity contribution in [3.63, 3.8) is 0 Å². The molecule has 0 aliphatic carbocycles. The van der Waals surface area contributed by atoms with E-state index >= 15 is 0 Å². The Labute approximate surface area is 99.9 Å². The van der Waals surface area contributed by atoms with Crippen molar-refractivity contribution >= 4 is 11.4 Å². The van der Waals surface area contributed by atoms with Crippen LogP contribution in [0, 0.1) is 5.82 Å². The minimum Gasteiger partial charge on any atom is -0.392 e. The predicted octanol–water partition coefficient (Wildman–Crippen LogP) is 3.09. The van der Waals surface area contributed by atoms with Crippen LogP contribution < -0.4 is 4.90 Å². The molecule has 0 aliphatic heterocycles. The molecular weight excluding hydrogens is 217 g/mol. The standard InChI is InChI=1S/C14H14FNO/c1-16(14-4-2-3-12(15)9-14)13-7-5-11(10-17)6-8-13/h2-9,17H,10H2,1H3. The van der Waals surface area contributed by atoms with Crippen LogP contribution in [0.25, 0.3) is 0 Å². The Morgan fingerprint density at radius 1 is 1.06 bits per heavy atom. The topological polar surface area (TPSA) is 23.5 Å². The van der Waals surface area contributed by atoms with Crippen molar-refractivity contribution in [2.45, 2.75) is 6.61 Å². The lowest BCUT2D eigenvalue weighted by atomic mass is 10.2. The summed E-state index contributed by atoms with van der Waals surface area (Å²) >= 11 is 0. The van der Waals surface area contributed by atoms with Crippen LogP contribution in [0.3, 0.4) is 0 Å². The average Bonchev–Trinajstić information content (AvgIpc) is 2.38. The summed E-state index contributed by atoms with van der Waals surface area (Å²) in [4.78, 5) is 1.89. The Bertz CT molecular complexity index is 496. The first-order chi connectivity index (χ1) is 8.20. The SMILES string of the molecule is CN(c1ccc(CO)cc1)c1cccc(F)c1. The van der Waals surface area contributed by atoms with Crippen molar-refractivity contribution in [2.24, 2.45) is 0 Å². The molecule has 0 spiro atoms. The van der Waals surface area contributed by atoms with Gasteiger partial charge in [-0.25, -0.2) is 4.39 Å². The van der Waals surface area contributed by atoms with Gasteiger partial charge in [-0.2, -0.15) is 0 Å². The normalized spacial score (nSPS) is 10.3. The second kappa shape index (κ2) is 4.97. The molecule has 0 heterocycles. The van der Waals surface area contributed by atoms with E-state index in [0.29, 0.717) is 0 Å². The monoisotopic (exact) mass is 231 g/mol. The molecule has 2 nitrogen and oxygen atoms in total. The van der Waals surface area contributed by atoms with Crippen LogP contribution in [0.2, 0.25) is 0 Å². The molecule has 2 rings (SSSR count). The van der Waals surface area contributed by atoms with E-state index < -0.39 is 0 Å². The third-order valence-electron chi connectivity index (χ3n) is 2.70. The van der Waals surface area contributed by atoms with Crippen LogP contribution in [0.5, 0.6) is 0 Å². The van der Waals surface area contributed by atoms with Gasteiger partial charge < -0.3 is 10.0 Å². The third kappa shape index (κ3) is 2.63. The average molecular weight is 231 g/mol. The molecule has 17 heavy (non-hydrogen) atoms. The molecule has 0 aromatic heterocycles. The van der Waals surface area contributed by atoms with E-state index in [1.54, 1.807) is 6.07 Å². The quantitative estimate of drug-likeness (QED) is 0.877. The number of hydrogen-bond acceptors (Lipinski definition) is 2. The summed E-state index contributed by atoms with van der Waals surface area (Å²) in [5.74, 6) is -0.249. The zero-order valence-corrected chi connectivity index (χ0v) is 9.60. The Morgan fingerprint density at radius 3 is 2.35 bits per heavy atom. The minimum atomic E-state index is -0.249. The summed E-state index contributed by atoms with van der Waals surface area (Å²) in [5, 5.41) is 8.96. The molecule has 0 atom stereocenters. The molecule has 0 unspecified atom stereocenters. The van der Waals surface area contributed by atoms with Gasteiger partial charge in [-0.3, -0.25) is 0 Å².